The number of carbonyl (C=O) groups is 1. The molecule has 0 aliphatic rings. The van der Waals surface area contributed by atoms with Crippen LogP contribution in [0.25, 0.3) is 0 Å². The molecule has 0 saturated carbocycles. The molecule has 3 aromatic rings. The van der Waals surface area contributed by atoms with Crippen molar-refractivity contribution in [3.63, 3.8) is 0 Å². The van der Waals surface area contributed by atoms with Gasteiger partial charge >= 0.3 is 0 Å². The molecule has 11 heteroatoms. The summed E-state index contributed by atoms with van der Waals surface area (Å²) in [5.74, 6) is -5.24. The zero-order chi connectivity index (χ0) is 25.8. The summed E-state index contributed by atoms with van der Waals surface area (Å²) in [7, 11) is -3.07. The average molecular weight is 509 g/mol. The number of benzene rings is 3. The molecule has 0 atom stereocenters. The molecule has 0 unspecified atom stereocenters. The number of sulfonamides is 1. The summed E-state index contributed by atoms with van der Waals surface area (Å²) in [6.45, 7) is 3.07. The maximum Gasteiger partial charge on any atom is 0.268 e. The lowest BCUT2D eigenvalue weighted by molar-refractivity contribution is -0.114. The Bertz CT molecular complexity index is 1330. The highest BCUT2D eigenvalue weighted by Gasteiger charge is 2.30. The van der Waals surface area contributed by atoms with Gasteiger partial charge in [-0.15, -0.1) is 0 Å². The molecule has 0 aliphatic heterocycles. The van der Waals surface area contributed by atoms with Crippen molar-refractivity contribution >= 4 is 27.3 Å². The second kappa shape index (κ2) is 10.7. The summed E-state index contributed by atoms with van der Waals surface area (Å²) >= 11 is 0. The number of methoxy groups -OCH3 is 1. The number of rotatable bonds is 9. The molecule has 0 radical (unpaired) electrons. The molecule has 186 valence electrons. The van der Waals surface area contributed by atoms with E-state index in [-0.39, 0.29) is 16.3 Å². The van der Waals surface area contributed by atoms with E-state index in [0.29, 0.717) is 24.0 Å². The zero-order valence-electron chi connectivity index (χ0n) is 19.1. The third kappa shape index (κ3) is 5.68. The molecule has 1 N–H and O–H groups in total. The van der Waals surface area contributed by atoms with Gasteiger partial charge in [-0.2, -0.15) is 0 Å². The van der Waals surface area contributed by atoms with Gasteiger partial charge in [-0.3, -0.25) is 9.10 Å². The van der Waals surface area contributed by atoms with Crippen molar-refractivity contribution in [2.24, 2.45) is 0 Å². The lowest BCUT2D eigenvalue weighted by atomic mass is 10.2. The first-order valence-corrected chi connectivity index (χ1v) is 11.9. The van der Waals surface area contributed by atoms with Crippen LogP contribution < -0.4 is 19.1 Å². The molecular weight excluding hydrogens is 485 g/mol. The molecule has 0 aromatic heterocycles. The highest BCUT2D eigenvalue weighted by atomic mass is 32.2. The molecule has 3 rings (SSSR count). The van der Waals surface area contributed by atoms with Crippen LogP contribution in [0.3, 0.4) is 0 Å². The molecule has 0 saturated heterocycles. The lowest BCUT2D eigenvalue weighted by Gasteiger charge is -2.25. The minimum atomic E-state index is -4.38. The highest BCUT2D eigenvalue weighted by Crippen LogP contribution is 2.32. The van der Waals surface area contributed by atoms with E-state index in [1.807, 2.05) is 0 Å². The van der Waals surface area contributed by atoms with Crippen molar-refractivity contribution in [1.82, 2.24) is 0 Å². The van der Waals surface area contributed by atoms with E-state index in [1.165, 1.54) is 43.5 Å². The van der Waals surface area contributed by atoms with Crippen LogP contribution in [0.1, 0.15) is 12.5 Å². The highest BCUT2D eigenvalue weighted by molar-refractivity contribution is 7.93. The summed E-state index contributed by atoms with van der Waals surface area (Å²) < 4.78 is 79.6. The van der Waals surface area contributed by atoms with Gasteiger partial charge in [0.15, 0.2) is 17.5 Å². The number of hydrogen-bond acceptors (Lipinski definition) is 5. The van der Waals surface area contributed by atoms with E-state index in [2.05, 4.69) is 5.32 Å². The summed E-state index contributed by atoms with van der Waals surface area (Å²) in [4.78, 5) is 12.6. The Morgan fingerprint density at radius 3 is 2.31 bits per heavy atom. The number of halogens is 3. The number of hydrogen-bond donors (Lipinski definition) is 1. The van der Waals surface area contributed by atoms with Crippen LogP contribution in [0.15, 0.2) is 59.5 Å². The molecule has 0 spiro atoms. The first-order valence-electron chi connectivity index (χ1n) is 10.4. The van der Waals surface area contributed by atoms with Crippen molar-refractivity contribution in [3.05, 3.63) is 77.6 Å². The topological polar surface area (TPSA) is 84.9 Å². The van der Waals surface area contributed by atoms with Gasteiger partial charge in [0.2, 0.25) is 5.91 Å². The molecule has 3 aromatic carbocycles. The van der Waals surface area contributed by atoms with E-state index < -0.39 is 45.6 Å². The van der Waals surface area contributed by atoms with Gasteiger partial charge in [0, 0.05) is 0 Å². The monoisotopic (exact) mass is 508 g/mol. The van der Waals surface area contributed by atoms with E-state index in [4.69, 9.17) is 9.47 Å². The minimum Gasteiger partial charge on any atom is -0.495 e. The van der Waals surface area contributed by atoms with Gasteiger partial charge in [-0.1, -0.05) is 6.07 Å². The lowest BCUT2D eigenvalue weighted by Crippen LogP contribution is -2.38. The summed E-state index contributed by atoms with van der Waals surface area (Å²) in [5.41, 5.74) is 0.105. The van der Waals surface area contributed by atoms with Gasteiger partial charge in [-0.25, -0.2) is 21.6 Å². The molecule has 7 nitrogen and oxygen atoms in total. The maximum absolute atomic E-state index is 14.1. The van der Waals surface area contributed by atoms with Crippen LogP contribution >= 0.6 is 0 Å². The fourth-order valence-electron chi connectivity index (χ4n) is 3.24. The van der Waals surface area contributed by atoms with Gasteiger partial charge in [0.1, 0.15) is 22.9 Å². The number of anilines is 2. The summed E-state index contributed by atoms with van der Waals surface area (Å²) in [6, 6.07) is 12.0. The Kier molecular flexibility index (Phi) is 7.90. The number of carbonyl (C=O) groups excluding carboxylic acids is 1. The molecule has 0 bridgehead atoms. The normalized spacial score (nSPS) is 11.1. The number of nitrogens with zero attached hydrogens (tertiary/aromatic N) is 1. The van der Waals surface area contributed by atoms with E-state index in [0.717, 1.165) is 10.4 Å². The van der Waals surface area contributed by atoms with Gasteiger partial charge in [0.25, 0.3) is 10.0 Å². The Labute approximate surface area is 201 Å². The predicted molar refractivity (Wildman–Crippen MR) is 125 cm³/mol. The van der Waals surface area contributed by atoms with Gasteiger partial charge in [0.05, 0.1) is 25.1 Å². The van der Waals surface area contributed by atoms with E-state index in [9.17, 15) is 26.4 Å². The van der Waals surface area contributed by atoms with Gasteiger partial charge in [-0.05, 0) is 67.9 Å². The third-order valence-electron chi connectivity index (χ3n) is 4.92. The predicted octanol–water partition coefficient (Wildman–Crippen LogP) is 4.65. The Balaban J connectivity index is 2.03. The number of ether oxygens (including phenoxy) is 2. The van der Waals surface area contributed by atoms with E-state index in [1.54, 1.807) is 19.9 Å². The minimum absolute atomic E-state index is 0.0543. The molecule has 0 aliphatic carbocycles. The van der Waals surface area contributed by atoms with Crippen molar-refractivity contribution in [1.29, 1.82) is 0 Å². The molecule has 0 heterocycles. The van der Waals surface area contributed by atoms with E-state index >= 15 is 0 Å². The fraction of sp³-hybridized carbons (Fsp3) is 0.208. The van der Waals surface area contributed by atoms with Crippen molar-refractivity contribution in [2.45, 2.75) is 18.7 Å². The summed E-state index contributed by atoms with van der Waals surface area (Å²) in [6.07, 6.45) is 0. The van der Waals surface area contributed by atoms with Crippen LogP contribution in [-0.4, -0.2) is 34.6 Å². The largest absolute Gasteiger partial charge is 0.495 e. The summed E-state index contributed by atoms with van der Waals surface area (Å²) in [5, 5.41) is 2.09. The quantitative estimate of drug-likeness (QED) is 0.425. The van der Waals surface area contributed by atoms with Crippen molar-refractivity contribution in [3.8, 4) is 11.5 Å². The smallest absolute Gasteiger partial charge is 0.268 e. The van der Waals surface area contributed by atoms with Crippen LogP contribution in [0, 0.1) is 24.4 Å². The first-order chi connectivity index (χ1) is 16.6. The molecular formula is C24H23F3N2O5S. The van der Waals surface area contributed by atoms with Crippen LogP contribution in [-0.2, 0) is 14.8 Å². The number of nitrogens with one attached hydrogen (secondary N) is 1. The Hall–Kier alpha value is -3.73. The standard InChI is InChI=1S/C24H23F3N2O5S/c1-4-34-17-8-6-16(7-9-17)29(35(31,32)21-13-15(2)5-12-20(21)33-3)14-22(30)28-19-11-10-18(25)23(26)24(19)27/h5-13H,4,14H2,1-3H3,(H,28,30). The second-order valence-electron chi connectivity index (χ2n) is 7.36. The second-order valence-corrected chi connectivity index (χ2v) is 9.19. The number of amides is 1. The van der Waals surface area contributed by atoms with Crippen molar-refractivity contribution in [2.75, 3.05) is 29.9 Å². The molecule has 1 amide bonds. The van der Waals surface area contributed by atoms with Crippen LogP contribution in [0.4, 0.5) is 24.5 Å². The first kappa shape index (κ1) is 25.9. The fourth-order valence-corrected chi connectivity index (χ4v) is 4.90. The Morgan fingerprint density at radius 2 is 1.69 bits per heavy atom. The maximum atomic E-state index is 14.1. The van der Waals surface area contributed by atoms with Crippen LogP contribution in [0.5, 0.6) is 11.5 Å². The third-order valence-corrected chi connectivity index (χ3v) is 6.71. The van der Waals surface area contributed by atoms with Gasteiger partial charge < -0.3 is 14.8 Å². The van der Waals surface area contributed by atoms with Crippen molar-refractivity contribution < 1.29 is 35.9 Å². The molecule has 0 fully saturated rings. The van der Waals surface area contributed by atoms with Crippen LogP contribution in [0.2, 0.25) is 0 Å². The average Bonchev–Trinajstić information content (AvgIpc) is 2.83. The Morgan fingerprint density at radius 1 is 1.00 bits per heavy atom. The SMILES string of the molecule is CCOc1ccc(N(CC(=O)Nc2ccc(F)c(F)c2F)S(=O)(=O)c2cc(C)ccc2OC)cc1. The molecule has 35 heavy (non-hydrogen) atoms. The zero-order valence-corrected chi connectivity index (χ0v) is 20.0. The number of aryl methyl sites for hydroxylation is 1.